The fraction of sp³-hybridized carbons (Fsp3) is 0.769. The molecule has 3 rings (SSSR count). The van der Waals surface area contributed by atoms with Gasteiger partial charge in [-0.15, -0.1) is 0 Å². The van der Waals surface area contributed by atoms with E-state index >= 15 is 0 Å². The van der Waals surface area contributed by atoms with E-state index in [4.69, 9.17) is 17.4 Å². The summed E-state index contributed by atoms with van der Waals surface area (Å²) in [6.45, 7) is -1.51. The van der Waals surface area contributed by atoms with Gasteiger partial charge in [0.1, 0.15) is 31.1 Å². The van der Waals surface area contributed by atoms with E-state index in [0.29, 0.717) is 0 Å². The zero-order valence-corrected chi connectivity index (χ0v) is 10.9. The van der Waals surface area contributed by atoms with Gasteiger partial charge < -0.3 is 20.1 Å². The van der Waals surface area contributed by atoms with Crippen LogP contribution in [0.5, 0.6) is 0 Å². The molecule has 0 amide bonds. The summed E-state index contributed by atoms with van der Waals surface area (Å²) in [6.07, 6.45) is -0.223. The molecule has 1 saturated carbocycles. The van der Waals surface area contributed by atoms with Gasteiger partial charge in [-0.3, -0.25) is 9.83 Å². The van der Waals surface area contributed by atoms with E-state index in [-0.39, 0.29) is 17.9 Å². The number of hydroxylamine groups is 2. The Morgan fingerprint density at radius 1 is 1.50 bits per heavy atom. The number of ether oxygens (including phenoxy) is 1. The summed E-state index contributed by atoms with van der Waals surface area (Å²) in [5.41, 5.74) is 0.227. The maximum atomic E-state index is 10.0. The second-order valence-electron chi connectivity index (χ2n) is 5.22. The Bertz CT molecular complexity index is 485. The summed E-state index contributed by atoms with van der Waals surface area (Å²) in [4.78, 5) is 9.48. The lowest BCUT2D eigenvalue weighted by Gasteiger charge is -2.32. The number of aliphatic hydroxyl groups excluding tert-OH is 3. The molecule has 0 bridgehead atoms. The quantitative estimate of drug-likeness (QED) is 0.625. The van der Waals surface area contributed by atoms with Crippen LogP contribution in [0.25, 0.3) is 0 Å². The average molecular weight is 286 g/mol. The smallest absolute Gasteiger partial charge is 0.135 e. The maximum absolute atomic E-state index is 10.0. The highest BCUT2D eigenvalue weighted by atomic mass is 16.7. The molecule has 0 aromatic rings. The Hall–Kier alpha value is -0.990. The lowest BCUT2D eigenvalue weighted by molar-refractivity contribution is -0.186. The van der Waals surface area contributed by atoms with Crippen LogP contribution in [0.15, 0.2) is 16.8 Å². The Morgan fingerprint density at radius 2 is 2.30 bits per heavy atom. The van der Waals surface area contributed by atoms with Crippen molar-refractivity contribution in [2.24, 2.45) is 4.99 Å². The average Bonchev–Trinajstić information content (AvgIpc) is 2.72. The van der Waals surface area contributed by atoms with Crippen LogP contribution in [0, 0.1) is 0 Å². The Balaban J connectivity index is 1.78. The molecule has 0 aromatic carbocycles. The molecule has 0 aromatic heterocycles. The monoisotopic (exact) mass is 286 g/mol. The minimum atomic E-state index is -1.27. The molecule has 7 nitrogen and oxygen atoms in total. The summed E-state index contributed by atoms with van der Waals surface area (Å²) < 4.78 is 21.1. The highest BCUT2D eigenvalue weighted by Gasteiger charge is 2.44. The van der Waals surface area contributed by atoms with Crippen LogP contribution >= 0.6 is 0 Å². The normalized spacial score (nSPS) is 43.5. The van der Waals surface area contributed by atoms with Crippen molar-refractivity contribution in [1.82, 2.24) is 5.06 Å². The van der Waals surface area contributed by atoms with E-state index in [1.54, 1.807) is 0 Å². The third-order valence-corrected chi connectivity index (χ3v) is 3.80. The first-order chi connectivity index (χ1) is 10.5. The molecule has 2 heterocycles. The van der Waals surface area contributed by atoms with Crippen LogP contribution in [0.2, 0.25) is 0 Å². The van der Waals surface area contributed by atoms with Gasteiger partial charge in [-0.25, -0.2) is 5.06 Å². The number of rotatable bonds is 4. The van der Waals surface area contributed by atoms with Gasteiger partial charge in [0, 0.05) is 18.0 Å². The third-order valence-electron chi connectivity index (χ3n) is 3.80. The van der Waals surface area contributed by atoms with Gasteiger partial charge in [-0.2, -0.15) is 0 Å². The van der Waals surface area contributed by atoms with Gasteiger partial charge in [-0.1, -0.05) is 0 Å². The third kappa shape index (κ3) is 2.59. The molecular weight excluding hydrogens is 264 g/mol. The molecule has 3 N–H and O–H groups in total. The molecule has 0 spiro atoms. The highest BCUT2D eigenvalue weighted by Crippen LogP contribution is 2.28. The van der Waals surface area contributed by atoms with Crippen LogP contribution in [0.3, 0.4) is 0 Å². The van der Waals surface area contributed by atoms with Gasteiger partial charge in [0.25, 0.3) is 0 Å². The first kappa shape index (κ1) is 11.6. The van der Waals surface area contributed by atoms with Crippen molar-refractivity contribution in [2.75, 3.05) is 13.3 Å². The van der Waals surface area contributed by atoms with Crippen molar-refractivity contribution in [3.05, 3.63) is 11.8 Å². The molecule has 1 unspecified atom stereocenters. The van der Waals surface area contributed by atoms with Crippen LogP contribution in [-0.2, 0) is 9.57 Å². The van der Waals surface area contributed by atoms with E-state index in [1.165, 1.54) is 11.3 Å². The number of aliphatic hydroxyl groups is 3. The van der Waals surface area contributed by atoms with Crippen LogP contribution < -0.4 is 0 Å². The molecule has 1 saturated heterocycles. The second kappa shape index (κ2) is 5.79. The molecule has 5 atom stereocenters. The summed E-state index contributed by atoms with van der Waals surface area (Å²) >= 11 is 0. The van der Waals surface area contributed by atoms with Gasteiger partial charge in [0.2, 0.25) is 0 Å². The minimum Gasteiger partial charge on any atom is -0.394 e. The molecule has 0 radical (unpaired) electrons. The maximum Gasteiger partial charge on any atom is 0.135 e. The van der Waals surface area contributed by atoms with E-state index in [0.717, 1.165) is 19.3 Å². The van der Waals surface area contributed by atoms with E-state index in [9.17, 15) is 10.2 Å². The fourth-order valence-electron chi connectivity index (χ4n) is 2.36. The standard InChI is InChI=1S/C13H20N2O5/c16-6-10-11(17)12(18)13(19-10)8-4-14-7-15(5-8)20-9-2-1-3-9/h4-5,9-13,16-18H,1-3,6-7H2/t10-,11-,12-,13+/m1/s1/i4D,7D/t7?,10-,11-,12-,13+. The number of hydrogen-bond donors (Lipinski definition) is 3. The van der Waals surface area contributed by atoms with Crippen LogP contribution in [0.1, 0.15) is 22.0 Å². The topological polar surface area (TPSA) is 94.8 Å². The predicted octanol–water partition coefficient (Wildman–Crippen LogP) is -0.820. The zero-order chi connectivity index (χ0) is 15.9. The van der Waals surface area contributed by atoms with Crippen LogP contribution in [0.4, 0.5) is 0 Å². The van der Waals surface area contributed by atoms with Crippen molar-refractivity contribution < 1.29 is 27.6 Å². The van der Waals surface area contributed by atoms with E-state index < -0.39 is 37.7 Å². The molecule has 20 heavy (non-hydrogen) atoms. The van der Waals surface area contributed by atoms with E-state index in [2.05, 4.69) is 4.99 Å². The lowest BCUT2D eigenvalue weighted by Crippen LogP contribution is -2.37. The minimum absolute atomic E-state index is 0.0398. The van der Waals surface area contributed by atoms with Gasteiger partial charge in [0.05, 0.1) is 15.5 Å². The van der Waals surface area contributed by atoms with Gasteiger partial charge in [-0.05, 0) is 19.3 Å². The molecule has 2 fully saturated rings. The second-order valence-corrected chi connectivity index (χ2v) is 5.22. The summed E-state index contributed by atoms with van der Waals surface area (Å²) in [5, 5.41) is 30.2. The van der Waals surface area contributed by atoms with Crippen molar-refractivity contribution in [3.8, 4) is 0 Å². The van der Waals surface area contributed by atoms with Gasteiger partial charge in [0.15, 0.2) is 0 Å². The number of nitrogens with zero attached hydrogens (tertiary/aromatic N) is 2. The predicted molar refractivity (Wildman–Crippen MR) is 69.8 cm³/mol. The molecule has 112 valence electrons. The molecular formula is C13H20N2O5. The Morgan fingerprint density at radius 3 is 2.90 bits per heavy atom. The fourth-order valence-corrected chi connectivity index (χ4v) is 2.36. The Labute approximate surface area is 119 Å². The van der Waals surface area contributed by atoms with Crippen molar-refractivity contribution in [3.63, 3.8) is 0 Å². The molecule has 1 aliphatic carbocycles. The number of aliphatic imine (C=N–C) groups is 1. The van der Waals surface area contributed by atoms with Crippen LogP contribution in [-0.4, -0.2) is 70.3 Å². The molecule has 3 aliphatic rings. The molecule has 2 aliphatic heterocycles. The van der Waals surface area contributed by atoms with Crippen molar-refractivity contribution in [1.29, 1.82) is 0 Å². The largest absolute Gasteiger partial charge is 0.394 e. The van der Waals surface area contributed by atoms with Crippen molar-refractivity contribution in [2.45, 2.75) is 49.8 Å². The zero-order valence-electron chi connectivity index (χ0n) is 12.9. The summed E-state index contributed by atoms with van der Waals surface area (Å²) in [6, 6.07) is 0. The highest BCUT2D eigenvalue weighted by molar-refractivity contribution is 5.80. The first-order valence-corrected chi connectivity index (χ1v) is 6.77. The van der Waals surface area contributed by atoms with Crippen molar-refractivity contribution >= 4 is 6.19 Å². The summed E-state index contributed by atoms with van der Waals surface area (Å²) in [5.74, 6) is 0. The van der Waals surface area contributed by atoms with E-state index in [1.807, 2.05) is 0 Å². The van der Waals surface area contributed by atoms with Gasteiger partial charge >= 0.3 is 0 Å². The molecule has 7 heteroatoms. The Kier molecular flexibility index (Phi) is 3.37. The number of hydrogen-bond acceptors (Lipinski definition) is 7. The SMILES string of the molecule is [2H]C1=NC([2H])N(OC2CCC2)C=C1[C@@H]1O[C@H](CO)[C@@H](O)[C@H]1O. The summed E-state index contributed by atoms with van der Waals surface area (Å²) in [7, 11) is 0. The lowest BCUT2D eigenvalue weighted by atomic mass is 9.97. The first-order valence-electron chi connectivity index (χ1n) is 7.85.